The monoisotopic (exact) mass is 299 g/mol. The highest BCUT2D eigenvalue weighted by Crippen LogP contribution is 2.32. The average molecular weight is 300 g/mol. The van der Waals surface area contributed by atoms with Crippen LogP contribution in [-0.2, 0) is 4.79 Å². The number of alkyl halides is 4. The average Bonchev–Trinajstić information content (AvgIpc) is 2.33. The molecule has 1 N–H and O–H groups in total. The fourth-order valence-electron chi connectivity index (χ4n) is 1.23. The van der Waals surface area contributed by atoms with Crippen molar-refractivity contribution in [2.45, 2.75) is 19.3 Å². The SMILES string of the molecule is COc1cc(Cl)c(C)cc1NC(=O)C(F)(F)C(F)F. The van der Waals surface area contributed by atoms with E-state index >= 15 is 0 Å². The molecule has 0 saturated carbocycles. The number of nitrogens with one attached hydrogen (secondary N) is 1. The molecule has 0 heterocycles. The molecule has 1 rings (SSSR count). The first-order chi connectivity index (χ1) is 8.70. The number of rotatable bonds is 4. The van der Waals surface area contributed by atoms with Crippen LogP contribution in [0.3, 0.4) is 0 Å². The lowest BCUT2D eigenvalue weighted by Gasteiger charge is -2.17. The van der Waals surface area contributed by atoms with Crippen molar-refractivity contribution in [3.63, 3.8) is 0 Å². The molecule has 3 nitrogen and oxygen atoms in total. The Bertz CT molecular complexity index is 494. The third-order valence-electron chi connectivity index (χ3n) is 2.31. The molecule has 0 aliphatic carbocycles. The molecule has 0 bridgehead atoms. The number of hydrogen-bond acceptors (Lipinski definition) is 2. The second-order valence-corrected chi connectivity index (χ2v) is 4.09. The molecule has 0 aromatic heterocycles. The summed E-state index contributed by atoms with van der Waals surface area (Å²) < 4.78 is 54.5. The minimum atomic E-state index is -4.78. The van der Waals surface area contributed by atoms with Crippen LogP contribution >= 0.6 is 11.6 Å². The number of carbonyl (C=O) groups is 1. The highest BCUT2D eigenvalue weighted by Gasteiger charge is 2.49. The molecule has 0 atom stereocenters. The highest BCUT2D eigenvalue weighted by atomic mass is 35.5. The molecule has 1 aromatic carbocycles. The second-order valence-electron chi connectivity index (χ2n) is 3.68. The molecule has 0 fully saturated rings. The quantitative estimate of drug-likeness (QED) is 0.864. The number of halogens is 5. The van der Waals surface area contributed by atoms with Gasteiger partial charge in [0, 0.05) is 11.1 Å². The van der Waals surface area contributed by atoms with Crippen LogP contribution in [0, 0.1) is 6.92 Å². The van der Waals surface area contributed by atoms with Gasteiger partial charge in [-0.1, -0.05) is 11.6 Å². The number of aryl methyl sites for hydroxylation is 1. The highest BCUT2D eigenvalue weighted by molar-refractivity contribution is 6.31. The minimum absolute atomic E-state index is 0.00554. The van der Waals surface area contributed by atoms with E-state index in [4.69, 9.17) is 16.3 Å². The first-order valence-corrected chi connectivity index (χ1v) is 5.39. The number of carbonyl (C=O) groups excluding carboxylic acids is 1. The number of benzene rings is 1. The van der Waals surface area contributed by atoms with Crippen LogP contribution in [-0.4, -0.2) is 25.4 Å². The summed E-state index contributed by atoms with van der Waals surface area (Å²) in [6, 6.07) is 2.54. The van der Waals surface area contributed by atoms with Crippen LogP contribution in [0.15, 0.2) is 12.1 Å². The summed E-state index contributed by atoms with van der Waals surface area (Å²) in [4.78, 5) is 11.1. The van der Waals surface area contributed by atoms with E-state index in [2.05, 4.69) is 0 Å². The summed E-state index contributed by atoms with van der Waals surface area (Å²) in [6.07, 6.45) is -4.09. The lowest BCUT2D eigenvalue weighted by Crippen LogP contribution is -2.41. The molecule has 0 radical (unpaired) electrons. The fourth-order valence-corrected chi connectivity index (χ4v) is 1.39. The zero-order valence-electron chi connectivity index (χ0n) is 9.94. The first kappa shape index (κ1) is 15.6. The van der Waals surface area contributed by atoms with Gasteiger partial charge in [-0.25, -0.2) is 8.78 Å². The number of hydrogen-bond donors (Lipinski definition) is 1. The lowest BCUT2D eigenvalue weighted by atomic mass is 10.2. The van der Waals surface area contributed by atoms with Gasteiger partial charge in [0.15, 0.2) is 0 Å². The normalized spacial score (nSPS) is 11.6. The zero-order valence-corrected chi connectivity index (χ0v) is 10.7. The van der Waals surface area contributed by atoms with Crippen LogP contribution in [0.5, 0.6) is 5.75 Å². The molecular formula is C11H10ClF4NO2. The molecule has 0 aliphatic rings. The van der Waals surface area contributed by atoms with Crippen LogP contribution in [0.1, 0.15) is 5.56 Å². The lowest BCUT2D eigenvalue weighted by molar-refractivity contribution is -0.163. The topological polar surface area (TPSA) is 38.3 Å². The van der Waals surface area contributed by atoms with Crippen molar-refractivity contribution >= 4 is 23.2 Å². The Morgan fingerprint density at radius 3 is 2.47 bits per heavy atom. The standard InChI is InChI=1S/C11H10ClF4NO2/c1-5-3-7(8(19-2)4-6(5)12)17-10(18)11(15,16)9(13)14/h3-4,9H,1-2H3,(H,17,18). The largest absolute Gasteiger partial charge is 0.495 e. The summed E-state index contributed by atoms with van der Waals surface area (Å²) in [5, 5.41) is 1.99. The maximum Gasteiger partial charge on any atom is 0.383 e. The van der Waals surface area contributed by atoms with Gasteiger partial charge in [0.2, 0.25) is 0 Å². The summed E-state index contributed by atoms with van der Waals surface area (Å²) in [5.41, 5.74) is 0.313. The van der Waals surface area contributed by atoms with E-state index in [0.717, 1.165) is 0 Å². The Labute approximate surface area is 111 Å². The van der Waals surface area contributed by atoms with Crippen molar-refractivity contribution < 1.29 is 27.1 Å². The molecule has 0 unspecified atom stereocenters. The maximum absolute atomic E-state index is 12.8. The summed E-state index contributed by atoms with van der Waals surface area (Å²) >= 11 is 5.78. The van der Waals surface area contributed by atoms with Gasteiger partial charge in [0.25, 0.3) is 0 Å². The Hall–Kier alpha value is -1.50. The Morgan fingerprint density at radius 1 is 1.42 bits per heavy atom. The molecule has 1 amide bonds. The van der Waals surface area contributed by atoms with Gasteiger partial charge in [-0.15, -0.1) is 0 Å². The molecular weight excluding hydrogens is 290 g/mol. The van der Waals surface area contributed by atoms with Crippen molar-refractivity contribution in [1.82, 2.24) is 0 Å². The second kappa shape index (κ2) is 5.64. The van der Waals surface area contributed by atoms with Crippen LogP contribution in [0.4, 0.5) is 23.2 Å². The van der Waals surface area contributed by atoms with Crippen LogP contribution in [0.25, 0.3) is 0 Å². The maximum atomic E-state index is 12.8. The number of methoxy groups -OCH3 is 1. The van der Waals surface area contributed by atoms with Gasteiger partial charge in [0.1, 0.15) is 5.75 Å². The number of ether oxygens (including phenoxy) is 1. The van der Waals surface area contributed by atoms with E-state index in [0.29, 0.717) is 5.56 Å². The van der Waals surface area contributed by atoms with Crippen molar-refractivity contribution in [1.29, 1.82) is 0 Å². The van der Waals surface area contributed by atoms with Gasteiger partial charge in [-0.3, -0.25) is 4.79 Å². The van der Waals surface area contributed by atoms with Gasteiger partial charge in [-0.2, -0.15) is 8.78 Å². The molecule has 8 heteroatoms. The predicted octanol–water partition coefficient (Wildman–Crippen LogP) is 3.50. The smallest absolute Gasteiger partial charge is 0.383 e. The van der Waals surface area contributed by atoms with Gasteiger partial charge < -0.3 is 10.1 Å². The van der Waals surface area contributed by atoms with Crippen molar-refractivity contribution in [3.05, 3.63) is 22.7 Å². The Kier molecular flexibility index (Phi) is 4.62. The Balaban J connectivity index is 3.06. The summed E-state index contributed by atoms with van der Waals surface area (Å²) in [7, 11) is 1.22. The Morgan fingerprint density at radius 2 is 2.00 bits per heavy atom. The molecule has 0 saturated heterocycles. The van der Waals surface area contributed by atoms with E-state index in [1.165, 1.54) is 19.2 Å². The van der Waals surface area contributed by atoms with Gasteiger partial charge >= 0.3 is 18.3 Å². The van der Waals surface area contributed by atoms with Gasteiger partial charge in [0.05, 0.1) is 12.8 Å². The molecule has 106 valence electrons. The van der Waals surface area contributed by atoms with E-state index < -0.39 is 18.3 Å². The predicted molar refractivity (Wildman–Crippen MR) is 62.3 cm³/mol. The van der Waals surface area contributed by atoms with Gasteiger partial charge in [-0.05, 0) is 18.6 Å². The number of amides is 1. The fraction of sp³-hybridized carbons (Fsp3) is 0.364. The van der Waals surface area contributed by atoms with Crippen LogP contribution in [0.2, 0.25) is 5.02 Å². The van der Waals surface area contributed by atoms with E-state index in [-0.39, 0.29) is 16.5 Å². The molecule has 0 spiro atoms. The third kappa shape index (κ3) is 3.28. The van der Waals surface area contributed by atoms with E-state index in [1.54, 1.807) is 12.2 Å². The molecule has 0 aliphatic heterocycles. The van der Waals surface area contributed by atoms with Crippen molar-refractivity contribution in [2.75, 3.05) is 12.4 Å². The van der Waals surface area contributed by atoms with E-state index in [9.17, 15) is 22.4 Å². The minimum Gasteiger partial charge on any atom is -0.495 e. The first-order valence-electron chi connectivity index (χ1n) is 5.01. The van der Waals surface area contributed by atoms with Crippen LogP contribution < -0.4 is 10.1 Å². The number of anilines is 1. The van der Waals surface area contributed by atoms with Crippen molar-refractivity contribution in [3.8, 4) is 5.75 Å². The van der Waals surface area contributed by atoms with Crippen molar-refractivity contribution in [2.24, 2.45) is 0 Å². The van der Waals surface area contributed by atoms with E-state index in [1.807, 2.05) is 0 Å². The zero-order chi connectivity index (χ0) is 14.8. The third-order valence-corrected chi connectivity index (χ3v) is 2.71. The summed E-state index contributed by atoms with van der Waals surface area (Å²) in [5.74, 6) is -6.89. The molecule has 1 aromatic rings. The summed E-state index contributed by atoms with van der Waals surface area (Å²) in [6.45, 7) is 1.56. The molecule has 19 heavy (non-hydrogen) atoms.